The van der Waals surface area contributed by atoms with Gasteiger partial charge in [0.25, 0.3) is 0 Å². The van der Waals surface area contributed by atoms with E-state index in [1.165, 1.54) is 18.4 Å². The molecule has 3 nitrogen and oxygen atoms in total. The van der Waals surface area contributed by atoms with E-state index in [9.17, 15) is 0 Å². The van der Waals surface area contributed by atoms with Crippen LogP contribution in [-0.4, -0.2) is 16.5 Å². The molecule has 2 atom stereocenters. The second kappa shape index (κ2) is 5.47. The van der Waals surface area contributed by atoms with E-state index in [1.54, 1.807) is 0 Å². The highest BCUT2D eigenvalue weighted by molar-refractivity contribution is 9.10. The van der Waals surface area contributed by atoms with E-state index in [2.05, 4.69) is 62.4 Å². The number of halogens is 1. The smallest absolute Gasteiger partial charge is 0.123 e. The maximum atomic E-state index is 4.54. The average molecular weight is 320 g/mol. The van der Waals surface area contributed by atoms with Gasteiger partial charge in [0.1, 0.15) is 5.82 Å². The Labute approximate surface area is 122 Å². The largest absolute Gasteiger partial charge is 0.341 e. The highest BCUT2D eigenvalue weighted by atomic mass is 79.9. The fourth-order valence-corrected chi connectivity index (χ4v) is 2.88. The molecule has 2 aromatic rings. The summed E-state index contributed by atoms with van der Waals surface area (Å²) in [5.74, 6) is 1.85. The fourth-order valence-electron chi connectivity index (χ4n) is 2.62. The van der Waals surface area contributed by atoms with Crippen molar-refractivity contribution >= 4 is 15.9 Å². The van der Waals surface area contributed by atoms with Crippen LogP contribution in [0, 0.1) is 5.92 Å². The Kier molecular flexibility index (Phi) is 3.71. The molecular formula is C15H18BrN3. The first kappa shape index (κ1) is 12.9. The number of hydrogen-bond donors (Lipinski definition) is 2. The van der Waals surface area contributed by atoms with Crippen LogP contribution in [0.5, 0.6) is 0 Å². The normalized spacial score (nSPS) is 22.8. The standard InChI is InChI=1S/C15H18BrN3/c1-2-10-7-13(17-8-10)15-18-9-14(19-15)11-3-5-12(16)6-4-11/h3-6,9-10,13,17H,2,7-8H2,1H3,(H,18,19)/t10-,13+/m1/s1. The molecule has 1 fully saturated rings. The number of nitrogens with zero attached hydrogens (tertiary/aromatic N) is 1. The summed E-state index contributed by atoms with van der Waals surface area (Å²) in [6, 6.07) is 8.68. The van der Waals surface area contributed by atoms with Gasteiger partial charge in [-0.2, -0.15) is 0 Å². The Morgan fingerprint density at radius 1 is 1.32 bits per heavy atom. The summed E-state index contributed by atoms with van der Waals surface area (Å²) < 4.78 is 1.10. The molecule has 0 aliphatic carbocycles. The summed E-state index contributed by atoms with van der Waals surface area (Å²) in [5.41, 5.74) is 2.26. The van der Waals surface area contributed by atoms with Crippen molar-refractivity contribution in [1.29, 1.82) is 0 Å². The molecule has 0 unspecified atom stereocenters. The predicted molar refractivity (Wildman–Crippen MR) is 80.9 cm³/mol. The van der Waals surface area contributed by atoms with Crippen molar-refractivity contribution in [1.82, 2.24) is 15.3 Å². The van der Waals surface area contributed by atoms with Crippen LogP contribution >= 0.6 is 15.9 Å². The summed E-state index contributed by atoms with van der Waals surface area (Å²) >= 11 is 3.46. The minimum Gasteiger partial charge on any atom is -0.341 e. The van der Waals surface area contributed by atoms with Crippen LogP contribution in [0.2, 0.25) is 0 Å². The number of hydrogen-bond acceptors (Lipinski definition) is 2. The molecule has 1 aliphatic rings. The molecule has 2 heterocycles. The number of imidazole rings is 1. The summed E-state index contributed by atoms with van der Waals surface area (Å²) in [6.07, 6.45) is 4.35. The zero-order valence-electron chi connectivity index (χ0n) is 11.0. The van der Waals surface area contributed by atoms with E-state index < -0.39 is 0 Å². The van der Waals surface area contributed by atoms with Gasteiger partial charge < -0.3 is 10.3 Å². The van der Waals surface area contributed by atoms with E-state index in [1.807, 2.05) is 6.20 Å². The van der Waals surface area contributed by atoms with Crippen LogP contribution in [0.3, 0.4) is 0 Å². The molecule has 0 saturated carbocycles. The molecule has 3 rings (SSSR count). The van der Waals surface area contributed by atoms with E-state index in [4.69, 9.17) is 0 Å². The van der Waals surface area contributed by atoms with Gasteiger partial charge in [0.15, 0.2) is 0 Å². The van der Waals surface area contributed by atoms with Gasteiger partial charge in [-0.1, -0.05) is 41.4 Å². The third-order valence-electron chi connectivity index (χ3n) is 3.88. The maximum absolute atomic E-state index is 4.54. The molecule has 1 aromatic carbocycles. The summed E-state index contributed by atoms with van der Waals surface area (Å²) in [6.45, 7) is 3.36. The maximum Gasteiger partial charge on any atom is 0.123 e. The predicted octanol–water partition coefficient (Wildman–Crippen LogP) is 3.90. The first-order valence-electron chi connectivity index (χ1n) is 6.80. The van der Waals surface area contributed by atoms with Crippen molar-refractivity contribution in [2.45, 2.75) is 25.8 Å². The highest BCUT2D eigenvalue weighted by Crippen LogP contribution is 2.28. The Balaban J connectivity index is 1.78. The lowest BCUT2D eigenvalue weighted by molar-refractivity contribution is 0.538. The molecule has 1 aromatic heterocycles. The molecule has 1 aliphatic heterocycles. The number of H-pyrrole nitrogens is 1. The second-order valence-corrected chi connectivity index (χ2v) is 6.08. The molecule has 0 bridgehead atoms. The molecule has 19 heavy (non-hydrogen) atoms. The summed E-state index contributed by atoms with van der Waals surface area (Å²) in [4.78, 5) is 7.98. The summed E-state index contributed by atoms with van der Waals surface area (Å²) in [5, 5.41) is 3.55. The van der Waals surface area contributed by atoms with Crippen LogP contribution in [0.4, 0.5) is 0 Å². The first-order chi connectivity index (χ1) is 9.26. The van der Waals surface area contributed by atoms with Crippen molar-refractivity contribution in [3.8, 4) is 11.3 Å². The second-order valence-electron chi connectivity index (χ2n) is 5.16. The Bertz CT molecular complexity index is 547. The molecule has 0 spiro atoms. The van der Waals surface area contributed by atoms with Crippen LogP contribution in [0.1, 0.15) is 31.6 Å². The van der Waals surface area contributed by atoms with Crippen molar-refractivity contribution < 1.29 is 0 Å². The van der Waals surface area contributed by atoms with Gasteiger partial charge in [0.2, 0.25) is 0 Å². The highest BCUT2D eigenvalue weighted by Gasteiger charge is 2.25. The Morgan fingerprint density at radius 2 is 2.11 bits per heavy atom. The average Bonchev–Trinajstić information content (AvgIpc) is 3.08. The van der Waals surface area contributed by atoms with Crippen molar-refractivity contribution in [3.05, 3.63) is 40.8 Å². The first-order valence-corrected chi connectivity index (χ1v) is 7.59. The lowest BCUT2D eigenvalue weighted by Gasteiger charge is -2.06. The van der Waals surface area contributed by atoms with Gasteiger partial charge in [-0.15, -0.1) is 0 Å². The lowest BCUT2D eigenvalue weighted by Crippen LogP contribution is -2.14. The third-order valence-corrected chi connectivity index (χ3v) is 4.41. The lowest BCUT2D eigenvalue weighted by atomic mass is 10.0. The summed E-state index contributed by atoms with van der Waals surface area (Å²) in [7, 11) is 0. The van der Waals surface area contributed by atoms with Crippen molar-refractivity contribution in [2.75, 3.05) is 6.54 Å². The van der Waals surface area contributed by atoms with Gasteiger partial charge in [-0.3, -0.25) is 0 Å². The molecular weight excluding hydrogens is 302 g/mol. The number of benzene rings is 1. The van der Waals surface area contributed by atoms with Gasteiger partial charge >= 0.3 is 0 Å². The van der Waals surface area contributed by atoms with Gasteiger partial charge in [0, 0.05) is 4.47 Å². The molecule has 0 amide bonds. The monoisotopic (exact) mass is 319 g/mol. The van der Waals surface area contributed by atoms with Crippen molar-refractivity contribution in [3.63, 3.8) is 0 Å². The molecule has 4 heteroatoms. The van der Waals surface area contributed by atoms with Crippen LogP contribution < -0.4 is 5.32 Å². The molecule has 0 radical (unpaired) electrons. The quantitative estimate of drug-likeness (QED) is 0.900. The van der Waals surface area contributed by atoms with Crippen LogP contribution in [0.25, 0.3) is 11.3 Å². The van der Waals surface area contributed by atoms with Gasteiger partial charge in [0.05, 0.1) is 17.9 Å². The SMILES string of the molecule is CC[C@H]1CN[C@H](c2ncc(-c3ccc(Br)cc3)[nH]2)C1. The van der Waals surface area contributed by atoms with Gasteiger partial charge in [-0.05, 0) is 36.6 Å². The molecule has 2 N–H and O–H groups in total. The molecule has 100 valence electrons. The number of aromatic amines is 1. The topological polar surface area (TPSA) is 40.7 Å². The van der Waals surface area contributed by atoms with E-state index in [0.717, 1.165) is 28.5 Å². The zero-order valence-corrected chi connectivity index (χ0v) is 12.6. The number of rotatable bonds is 3. The van der Waals surface area contributed by atoms with Crippen LogP contribution in [-0.2, 0) is 0 Å². The van der Waals surface area contributed by atoms with E-state index in [-0.39, 0.29) is 0 Å². The molecule has 1 saturated heterocycles. The number of nitrogens with one attached hydrogen (secondary N) is 2. The van der Waals surface area contributed by atoms with Crippen LogP contribution in [0.15, 0.2) is 34.9 Å². The minimum absolute atomic E-state index is 0.383. The van der Waals surface area contributed by atoms with Crippen molar-refractivity contribution in [2.24, 2.45) is 5.92 Å². The minimum atomic E-state index is 0.383. The van der Waals surface area contributed by atoms with E-state index in [0.29, 0.717) is 6.04 Å². The van der Waals surface area contributed by atoms with Gasteiger partial charge in [-0.25, -0.2) is 4.98 Å². The third kappa shape index (κ3) is 2.74. The fraction of sp³-hybridized carbons (Fsp3) is 0.400. The Hall–Kier alpha value is -1.13. The van der Waals surface area contributed by atoms with E-state index >= 15 is 0 Å². The Morgan fingerprint density at radius 3 is 2.79 bits per heavy atom. The zero-order chi connectivity index (χ0) is 13.2. The number of aromatic nitrogens is 2.